The summed E-state index contributed by atoms with van der Waals surface area (Å²) in [5.41, 5.74) is 0. The minimum Gasteiger partial charge on any atom is -0.314 e. The molecule has 3 atom stereocenters. The molecule has 19 heavy (non-hydrogen) atoms. The highest BCUT2D eigenvalue weighted by Crippen LogP contribution is 2.28. The lowest BCUT2D eigenvalue weighted by atomic mass is 9.84. The highest BCUT2D eigenvalue weighted by molar-refractivity contribution is 4.88. The second-order valence-corrected chi connectivity index (χ2v) is 6.76. The summed E-state index contributed by atoms with van der Waals surface area (Å²) in [5, 5.41) is 3.73. The van der Waals surface area contributed by atoms with Crippen LogP contribution in [0.25, 0.3) is 0 Å². The quantitative estimate of drug-likeness (QED) is 0.796. The molecule has 1 aliphatic heterocycles. The van der Waals surface area contributed by atoms with Gasteiger partial charge in [-0.1, -0.05) is 19.8 Å². The van der Waals surface area contributed by atoms with Crippen LogP contribution >= 0.6 is 0 Å². The lowest BCUT2D eigenvalue weighted by Gasteiger charge is -2.37. The van der Waals surface area contributed by atoms with Gasteiger partial charge in [-0.2, -0.15) is 0 Å². The fraction of sp³-hybridized carbons (Fsp3) is 1.00. The summed E-state index contributed by atoms with van der Waals surface area (Å²) < 4.78 is 0. The average molecular weight is 267 g/mol. The molecule has 112 valence electrons. The minimum atomic E-state index is 0.777. The van der Waals surface area contributed by atoms with Gasteiger partial charge in [-0.05, 0) is 58.8 Å². The minimum absolute atomic E-state index is 0.777. The molecule has 0 aromatic carbocycles. The lowest BCUT2D eigenvalue weighted by molar-refractivity contribution is 0.142. The van der Waals surface area contributed by atoms with Gasteiger partial charge in [0.1, 0.15) is 0 Å². The predicted molar refractivity (Wildman–Crippen MR) is 82.6 cm³/mol. The molecular weight excluding hydrogens is 234 g/mol. The van der Waals surface area contributed by atoms with Crippen LogP contribution in [0.2, 0.25) is 0 Å². The van der Waals surface area contributed by atoms with E-state index in [2.05, 4.69) is 36.1 Å². The van der Waals surface area contributed by atoms with Gasteiger partial charge in [0.2, 0.25) is 0 Å². The average Bonchev–Trinajstić information content (AvgIpc) is 2.79. The molecule has 3 nitrogen and oxygen atoms in total. The number of likely N-dealkylation sites (tertiary alicyclic amines) is 1. The Labute approximate surface area is 119 Å². The second kappa shape index (κ2) is 7.61. The molecule has 3 heteroatoms. The molecule has 0 spiro atoms. The summed E-state index contributed by atoms with van der Waals surface area (Å²) in [5.74, 6) is 0.886. The molecule has 1 aliphatic carbocycles. The van der Waals surface area contributed by atoms with E-state index in [0.717, 1.165) is 24.5 Å². The summed E-state index contributed by atoms with van der Waals surface area (Å²) in [4.78, 5) is 5.13. The van der Waals surface area contributed by atoms with E-state index in [9.17, 15) is 0 Å². The summed E-state index contributed by atoms with van der Waals surface area (Å²) in [6, 6.07) is 1.58. The molecule has 1 heterocycles. The largest absolute Gasteiger partial charge is 0.314 e. The van der Waals surface area contributed by atoms with E-state index < -0.39 is 0 Å². The van der Waals surface area contributed by atoms with Crippen molar-refractivity contribution in [2.45, 2.75) is 57.5 Å². The van der Waals surface area contributed by atoms with Crippen LogP contribution in [0.3, 0.4) is 0 Å². The molecular formula is C16H33N3. The van der Waals surface area contributed by atoms with E-state index in [1.54, 1.807) is 0 Å². The van der Waals surface area contributed by atoms with Crippen molar-refractivity contribution in [2.24, 2.45) is 5.92 Å². The highest BCUT2D eigenvalue weighted by Gasteiger charge is 2.31. The van der Waals surface area contributed by atoms with E-state index in [4.69, 9.17) is 0 Å². The SMILES string of the molecule is CCNC1CCCCC1CN1CCCC1CN(C)C. The van der Waals surface area contributed by atoms with Crippen LogP contribution in [-0.2, 0) is 0 Å². The Bertz CT molecular complexity index is 252. The topological polar surface area (TPSA) is 18.5 Å². The van der Waals surface area contributed by atoms with Crippen molar-refractivity contribution < 1.29 is 0 Å². The van der Waals surface area contributed by atoms with E-state index in [-0.39, 0.29) is 0 Å². The van der Waals surface area contributed by atoms with Crippen LogP contribution in [-0.4, -0.2) is 62.2 Å². The summed E-state index contributed by atoms with van der Waals surface area (Å²) in [6.45, 7) is 7.27. The first-order chi connectivity index (χ1) is 9.20. The Morgan fingerprint density at radius 2 is 1.89 bits per heavy atom. The van der Waals surface area contributed by atoms with Crippen LogP contribution in [0.1, 0.15) is 45.4 Å². The Hall–Kier alpha value is -0.120. The predicted octanol–water partition coefficient (Wildman–Crippen LogP) is 2.18. The van der Waals surface area contributed by atoms with Crippen molar-refractivity contribution in [1.29, 1.82) is 0 Å². The van der Waals surface area contributed by atoms with Crippen molar-refractivity contribution in [3.63, 3.8) is 0 Å². The third-order valence-electron chi connectivity index (χ3n) is 4.92. The Morgan fingerprint density at radius 3 is 2.63 bits per heavy atom. The van der Waals surface area contributed by atoms with Crippen molar-refractivity contribution in [3.05, 3.63) is 0 Å². The first-order valence-electron chi connectivity index (χ1n) is 8.33. The van der Waals surface area contributed by atoms with Gasteiger partial charge in [-0.25, -0.2) is 0 Å². The first-order valence-corrected chi connectivity index (χ1v) is 8.33. The van der Waals surface area contributed by atoms with Gasteiger partial charge in [0, 0.05) is 25.2 Å². The maximum absolute atomic E-state index is 3.73. The fourth-order valence-corrected chi connectivity index (χ4v) is 4.02. The number of hydrogen-bond acceptors (Lipinski definition) is 3. The maximum atomic E-state index is 3.73. The number of rotatable bonds is 6. The molecule has 2 rings (SSSR count). The summed E-state index contributed by atoms with van der Waals surface area (Å²) in [7, 11) is 4.41. The molecule has 0 bridgehead atoms. The third-order valence-corrected chi connectivity index (χ3v) is 4.92. The molecule has 1 saturated heterocycles. The number of likely N-dealkylation sites (N-methyl/N-ethyl adjacent to an activating group) is 1. The Kier molecular flexibility index (Phi) is 6.11. The number of nitrogens with zero attached hydrogens (tertiary/aromatic N) is 2. The molecule has 0 radical (unpaired) electrons. The van der Waals surface area contributed by atoms with E-state index in [1.165, 1.54) is 58.2 Å². The summed E-state index contributed by atoms with van der Waals surface area (Å²) >= 11 is 0. The van der Waals surface area contributed by atoms with Gasteiger partial charge in [0.15, 0.2) is 0 Å². The van der Waals surface area contributed by atoms with Gasteiger partial charge in [0.25, 0.3) is 0 Å². The van der Waals surface area contributed by atoms with E-state index >= 15 is 0 Å². The molecule has 2 aliphatic rings. The second-order valence-electron chi connectivity index (χ2n) is 6.76. The zero-order valence-corrected chi connectivity index (χ0v) is 13.2. The van der Waals surface area contributed by atoms with Gasteiger partial charge in [0.05, 0.1) is 0 Å². The zero-order valence-electron chi connectivity index (χ0n) is 13.2. The monoisotopic (exact) mass is 267 g/mol. The standard InChI is InChI=1S/C16H33N3/c1-4-17-16-10-6-5-8-14(16)12-19-11-7-9-15(19)13-18(2)3/h14-17H,4-13H2,1-3H3. The Morgan fingerprint density at radius 1 is 1.11 bits per heavy atom. The zero-order chi connectivity index (χ0) is 13.7. The number of hydrogen-bond donors (Lipinski definition) is 1. The van der Waals surface area contributed by atoms with Crippen LogP contribution in [0.4, 0.5) is 0 Å². The van der Waals surface area contributed by atoms with Crippen molar-refractivity contribution >= 4 is 0 Å². The van der Waals surface area contributed by atoms with Gasteiger partial charge >= 0.3 is 0 Å². The van der Waals surface area contributed by atoms with Crippen LogP contribution in [0, 0.1) is 5.92 Å². The van der Waals surface area contributed by atoms with Crippen molar-refractivity contribution in [3.8, 4) is 0 Å². The molecule has 1 N–H and O–H groups in total. The van der Waals surface area contributed by atoms with E-state index in [1.807, 2.05) is 0 Å². The van der Waals surface area contributed by atoms with Crippen LogP contribution in [0.15, 0.2) is 0 Å². The molecule has 0 amide bonds. The molecule has 0 aromatic rings. The maximum Gasteiger partial charge on any atom is 0.0223 e. The molecule has 3 unspecified atom stereocenters. The smallest absolute Gasteiger partial charge is 0.0223 e. The van der Waals surface area contributed by atoms with Gasteiger partial charge < -0.3 is 10.2 Å². The first kappa shape index (κ1) is 15.3. The summed E-state index contributed by atoms with van der Waals surface area (Å²) in [6.07, 6.45) is 8.50. The normalized spacial score (nSPS) is 33.2. The third kappa shape index (κ3) is 4.44. The van der Waals surface area contributed by atoms with Gasteiger partial charge in [-0.15, -0.1) is 0 Å². The van der Waals surface area contributed by atoms with Crippen molar-refractivity contribution in [1.82, 2.24) is 15.1 Å². The molecule has 2 fully saturated rings. The lowest BCUT2D eigenvalue weighted by Crippen LogP contribution is -2.47. The van der Waals surface area contributed by atoms with Crippen molar-refractivity contribution in [2.75, 3.05) is 40.3 Å². The molecule has 0 aromatic heterocycles. The van der Waals surface area contributed by atoms with Crippen LogP contribution < -0.4 is 5.32 Å². The molecule has 1 saturated carbocycles. The van der Waals surface area contributed by atoms with E-state index in [0.29, 0.717) is 0 Å². The Balaban J connectivity index is 1.86. The van der Waals surface area contributed by atoms with Crippen LogP contribution in [0.5, 0.6) is 0 Å². The van der Waals surface area contributed by atoms with Gasteiger partial charge in [-0.3, -0.25) is 4.90 Å². The fourth-order valence-electron chi connectivity index (χ4n) is 4.02. The highest BCUT2D eigenvalue weighted by atomic mass is 15.2. The number of nitrogens with one attached hydrogen (secondary N) is 1.